The molecule has 156 valence electrons. The van der Waals surface area contributed by atoms with Crippen molar-refractivity contribution in [3.8, 4) is 0 Å². The molecule has 4 atom stereocenters. The zero-order valence-corrected chi connectivity index (χ0v) is 19.2. The van der Waals surface area contributed by atoms with Crippen molar-refractivity contribution in [1.82, 2.24) is 9.21 Å². The van der Waals surface area contributed by atoms with E-state index in [2.05, 4.69) is 27.4 Å². The molecule has 3 fully saturated rings. The topological polar surface area (TPSA) is 66.9 Å². The third kappa shape index (κ3) is 2.87. The van der Waals surface area contributed by atoms with E-state index in [1.165, 1.54) is 0 Å². The maximum atomic E-state index is 13.6. The Morgan fingerprint density at radius 3 is 2.55 bits per heavy atom. The highest BCUT2D eigenvalue weighted by Crippen LogP contribution is 2.53. The van der Waals surface area contributed by atoms with Crippen LogP contribution in [0, 0.1) is 12.8 Å². The number of nitrogens with zero attached hydrogens (tertiary/aromatic N) is 2. The summed E-state index contributed by atoms with van der Waals surface area (Å²) in [4.78, 5) is 17.3. The molecule has 3 saturated heterocycles. The predicted molar refractivity (Wildman–Crippen MR) is 114 cm³/mol. The molecule has 3 aliphatic rings. The molecule has 0 spiro atoms. The van der Waals surface area contributed by atoms with E-state index >= 15 is 0 Å². The van der Waals surface area contributed by atoms with Crippen molar-refractivity contribution >= 4 is 31.9 Å². The van der Waals surface area contributed by atoms with E-state index in [1.54, 1.807) is 36.4 Å². The van der Waals surface area contributed by atoms with Crippen LogP contribution >= 0.6 is 15.9 Å². The van der Waals surface area contributed by atoms with Crippen LogP contribution in [0.25, 0.3) is 0 Å². The number of hydrogen-bond donors (Lipinski definition) is 0. The van der Waals surface area contributed by atoms with Crippen LogP contribution in [0.1, 0.15) is 18.9 Å². The van der Waals surface area contributed by atoms with Crippen LogP contribution in [0.3, 0.4) is 0 Å². The van der Waals surface area contributed by atoms with Crippen molar-refractivity contribution in [3.63, 3.8) is 0 Å². The summed E-state index contributed by atoms with van der Waals surface area (Å²) in [6.45, 7) is 9.40. The molecule has 3 aliphatic heterocycles. The quantitative estimate of drug-likeness (QED) is 0.665. The second-order valence-electron chi connectivity index (χ2n) is 8.24. The minimum absolute atomic E-state index is 0.0309. The number of carbonyl (C=O) groups is 1. The van der Waals surface area contributed by atoms with Crippen molar-refractivity contribution < 1.29 is 17.9 Å². The van der Waals surface area contributed by atoms with E-state index in [9.17, 15) is 13.2 Å². The van der Waals surface area contributed by atoms with Gasteiger partial charge < -0.3 is 4.74 Å². The Morgan fingerprint density at radius 2 is 1.97 bits per heavy atom. The Hall–Kier alpha value is -1.48. The minimum Gasteiger partial charge on any atom is -0.378 e. The molecule has 0 aromatic heterocycles. The molecule has 6 nitrogen and oxygen atoms in total. The second-order valence-corrected chi connectivity index (χ2v) is 10.5. The summed E-state index contributed by atoms with van der Waals surface area (Å²) in [6, 6.07) is 6.57. The molecular weight excluding hydrogens is 456 g/mol. The predicted octanol–water partition coefficient (Wildman–Crippen LogP) is 2.84. The van der Waals surface area contributed by atoms with Crippen LogP contribution in [0.2, 0.25) is 0 Å². The second kappa shape index (κ2) is 7.04. The Kier molecular flexibility index (Phi) is 5.05. The first-order valence-electron chi connectivity index (χ1n) is 9.57. The molecule has 1 aromatic rings. The number of carbonyl (C=O) groups excluding carboxylic acids is 1. The molecule has 0 aliphatic carbocycles. The van der Waals surface area contributed by atoms with Crippen LogP contribution in [-0.4, -0.2) is 61.4 Å². The van der Waals surface area contributed by atoms with E-state index in [1.807, 2.05) is 13.8 Å². The maximum absolute atomic E-state index is 13.6. The van der Waals surface area contributed by atoms with E-state index in [0.29, 0.717) is 12.1 Å². The highest BCUT2D eigenvalue weighted by atomic mass is 79.9. The molecule has 1 aromatic carbocycles. The number of ether oxygens (including phenoxy) is 1. The van der Waals surface area contributed by atoms with Gasteiger partial charge in [-0.25, -0.2) is 12.7 Å². The summed E-state index contributed by atoms with van der Waals surface area (Å²) >= 11 is 3.42. The van der Waals surface area contributed by atoms with Gasteiger partial charge in [0.25, 0.3) is 10.0 Å². The van der Waals surface area contributed by atoms with Crippen LogP contribution in [0.15, 0.2) is 51.9 Å². The standard InChI is InChI=1S/C21H25BrN2O4S/c1-13-5-7-16(8-6-13)29(26,27)24-19(25)9-17-20-18(28-4)12-23(20)11-15(10-22)14(2)21(17,24)3/h5-8,10,17-18,20H,2,9,11-12H2,1,3-4H3/b15-10-/t17-,18-,20-,21+/m0/s1. The van der Waals surface area contributed by atoms with Gasteiger partial charge in [0.2, 0.25) is 5.91 Å². The van der Waals surface area contributed by atoms with Crippen molar-refractivity contribution in [1.29, 1.82) is 0 Å². The van der Waals surface area contributed by atoms with Gasteiger partial charge in [0.1, 0.15) is 0 Å². The summed E-state index contributed by atoms with van der Waals surface area (Å²) in [5, 5.41) is 0. The average molecular weight is 481 g/mol. The highest BCUT2D eigenvalue weighted by molar-refractivity contribution is 9.11. The SMILES string of the molecule is C=C1/C(=C\Br)CN2C[C@H](OC)[C@@H]2[C@@H]2CC(=O)N(S(=O)(=O)c3ccc(C)cc3)[C@]12C. The maximum Gasteiger partial charge on any atom is 0.267 e. The Balaban J connectivity index is 1.87. The van der Waals surface area contributed by atoms with E-state index < -0.39 is 21.5 Å². The number of amides is 1. The Bertz CT molecular complexity index is 1000. The minimum atomic E-state index is -4.03. The van der Waals surface area contributed by atoms with Gasteiger partial charge in [-0.3, -0.25) is 9.69 Å². The molecular formula is C21H25BrN2O4S. The summed E-state index contributed by atoms with van der Waals surface area (Å²) in [5.74, 6) is -0.622. The third-order valence-electron chi connectivity index (χ3n) is 6.76. The number of aryl methyl sites for hydroxylation is 1. The average Bonchev–Trinajstić information content (AvgIpc) is 2.89. The molecule has 4 rings (SSSR count). The lowest BCUT2D eigenvalue weighted by Gasteiger charge is -2.51. The fourth-order valence-corrected chi connectivity index (χ4v) is 7.27. The van der Waals surface area contributed by atoms with Gasteiger partial charge in [-0.15, -0.1) is 0 Å². The van der Waals surface area contributed by atoms with Gasteiger partial charge in [-0.1, -0.05) is 40.2 Å². The van der Waals surface area contributed by atoms with Crippen LogP contribution in [0.5, 0.6) is 0 Å². The fraction of sp³-hybridized carbons (Fsp3) is 0.476. The van der Waals surface area contributed by atoms with E-state index in [0.717, 1.165) is 22.0 Å². The van der Waals surface area contributed by atoms with Crippen molar-refractivity contribution in [3.05, 3.63) is 52.5 Å². The largest absolute Gasteiger partial charge is 0.378 e. The number of halogens is 1. The Morgan fingerprint density at radius 1 is 1.31 bits per heavy atom. The fourth-order valence-electron chi connectivity index (χ4n) is 5.07. The van der Waals surface area contributed by atoms with E-state index in [4.69, 9.17) is 4.74 Å². The first-order valence-corrected chi connectivity index (χ1v) is 11.9. The van der Waals surface area contributed by atoms with Gasteiger partial charge in [0.15, 0.2) is 0 Å². The monoisotopic (exact) mass is 480 g/mol. The van der Waals surface area contributed by atoms with Crippen molar-refractivity contribution in [2.24, 2.45) is 5.92 Å². The lowest BCUT2D eigenvalue weighted by molar-refractivity contribution is -0.125. The van der Waals surface area contributed by atoms with Crippen LogP contribution in [0.4, 0.5) is 0 Å². The van der Waals surface area contributed by atoms with Crippen LogP contribution in [-0.2, 0) is 19.6 Å². The number of methoxy groups -OCH3 is 1. The van der Waals surface area contributed by atoms with Crippen molar-refractivity contribution in [2.45, 2.75) is 42.8 Å². The van der Waals surface area contributed by atoms with Gasteiger partial charge in [0.05, 0.1) is 16.5 Å². The van der Waals surface area contributed by atoms with Crippen molar-refractivity contribution in [2.75, 3.05) is 20.2 Å². The molecule has 8 heteroatoms. The zero-order chi connectivity index (χ0) is 21.1. The third-order valence-corrected chi connectivity index (χ3v) is 9.24. The number of sulfonamides is 1. The molecule has 3 heterocycles. The molecule has 0 radical (unpaired) electrons. The first kappa shape index (κ1) is 20.8. The number of rotatable bonds is 3. The summed E-state index contributed by atoms with van der Waals surface area (Å²) in [5.41, 5.74) is 1.45. The number of hydrogen-bond acceptors (Lipinski definition) is 5. The highest BCUT2D eigenvalue weighted by Gasteiger charge is 2.64. The normalized spacial score (nSPS) is 34.0. The number of benzene rings is 1. The van der Waals surface area contributed by atoms with Gasteiger partial charge >= 0.3 is 0 Å². The zero-order valence-electron chi connectivity index (χ0n) is 16.8. The molecule has 1 amide bonds. The lowest BCUT2D eigenvalue weighted by atomic mass is 9.73. The number of fused-ring (bicyclic) bond motifs is 3. The molecule has 0 bridgehead atoms. The van der Waals surface area contributed by atoms with Gasteiger partial charge in [-0.2, -0.15) is 0 Å². The smallest absolute Gasteiger partial charge is 0.267 e. The van der Waals surface area contributed by atoms with E-state index in [-0.39, 0.29) is 29.4 Å². The first-order chi connectivity index (χ1) is 13.7. The van der Waals surface area contributed by atoms with Gasteiger partial charge in [0, 0.05) is 38.6 Å². The lowest BCUT2D eigenvalue weighted by Crippen LogP contribution is -2.66. The summed E-state index contributed by atoms with van der Waals surface area (Å²) in [7, 11) is -2.37. The summed E-state index contributed by atoms with van der Waals surface area (Å²) < 4.78 is 34.0. The van der Waals surface area contributed by atoms with Crippen LogP contribution < -0.4 is 0 Å². The molecule has 29 heavy (non-hydrogen) atoms. The molecule has 0 N–H and O–H groups in total. The Labute approximate surface area is 180 Å². The van der Waals surface area contributed by atoms with Gasteiger partial charge in [-0.05, 0) is 42.1 Å². The molecule has 0 unspecified atom stereocenters. The molecule has 0 saturated carbocycles. The summed E-state index contributed by atoms with van der Waals surface area (Å²) in [6.07, 6.45) is 0.119.